The van der Waals surface area contributed by atoms with Gasteiger partial charge in [0.25, 0.3) is 0 Å². The normalized spacial score (nSPS) is 15.9. The van der Waals surface area contributed by atoms with Crippen molar-refractivity contribution in [3.05, 3.63) is 29.3 Å². The van der Waals surface area contributed by atoms with E-state index in [1.165, 1.54) is 31.2 Å². The first-order valence-electron chi connectivity index (χ1n) is 6.22. The van der Waals surface area contributed by atoms with E-state index in [1.54, 1.807) is 0 Å². The summed E-state index contributed by atoms with van der Waals surface area (Å²) in [6.45, 7) is 3.47. The van der Waals surface area contributed by atoms with E-state index in [0.717, 1.165) is 23.8 Å². The third-order valence-corrected chi connectivity index (χ3v) is 3.51. The largest absolute Gasteiger partial charge is 0.493 e. The minimum atomic E-state index is 0.556. The van der Waals surface area contributed by atoms with Gasteiger partial charge in [-0.05, 0) is 24.8 Å². The maximum absolute atomic E-state index is 5.89. The maximum atomic E-state index is 5.89. The summed E-state index contributed by atoms with van der Waals surface area (Å²) in [6, 6.07) is 6.17. The lowest BCUT2D eigenvalue weighted by atomic mass is 9.83. The molecule has 1 fully saturated rings. The molecule has 0 saturated heterocycles. The number of benzene rings is 1. The van der Waals surface area contributed by atoms with Gasteiger partial charge >= 0.3 is 0 Å². The average molecular weight is 219 g/mol. The van der Waals surface area contributed by atoms with Crippen molar-refractivity contribution in [1.82, 2.24) is 0 Å². The van der Waals surface area contributed by atoms with Gasteiger partial charge in [0.1, 0.15) is 5.75 Å². The Kier molecular flexibility index (Phi) is 3.83. The Labute approximate surface area is 97.8 Å². The third kappa shape index (κ3) is 2.56. The second-order valence-electron chi connectivity index (χ2n) is 4.70. The molecule has 0 aromatic heterocycles. The average Bonchev–Trinajstić information content (AvgIpc) is 2.23. The van der Waals surface area contributed by atoms with Crippen LogP contribution in [-0.4, -0.2) is 6.61 Å². The summed E-state index contributed by atoms with van der Waals surface area (Å²) in [4.78, 5) is 0. The van der Waals surface area contributed by atoms with Crippen LogP contribution in [0.3, 0.4) is 0 Å². The van der Waals surface area contributed by atoms with Crippen LogP contribution in [0.15, 0.2) is 18.2 Å². The zero-order valence-electron chi connectivity index (χ0n) is 10.0. The topological polar surface area (TPSA) is 35.2 Å². The van der Waals surface area contributed by atoms with Crippen molar-refractivity contribution in [2.75, 3.05) is 6.61 Å². The Morgan fingerprint density at radius 3 is 2.81 bits per heavy atom. The zero-order valence-corrected chi connectivity index (χ0v) is 10.0. The van der Waals surface area contributed by atoms with Crippen LogP contribution >= 0.6 is 0 Å². The molecule has 0 radical (unpaired) electrons. The molecule has 2 rings (SSSR count). The molecule has 0 bridgehead atoms. The standard InChI is InChI=1S/C14H21NO/c1-11-4-2-7-13(10-15)14(11)16-9-8-12-5-3-6-12/h2,4,7,12H,3,5-6,8-10,15H2,1H3. The molecule has 0 heterocycles. The van der Waals surface area contributed by atoms with E-state index >= 15 is 0 Å². The lowest BCUT2D eigenvalue weighted by Gasteiger charge is -2.25. The maximum Gasteiger partial charge on any atom is 0.126 e. The van der Waals surface area contributed by atoms with Gasteiger partial charge in [0.05, 0.1) is 6.61 Å². The number of ether oxygens (including phenoxy) is 1. The first kappa shape index (κ1) is 11.5. The van der Waals surface area contributed by atoms with Crippen LogP contribution < -0.4 is 10.5 Å². The van der Waals surface area contributed by atoms with Crippen molar-refractivity contribution in [2.24, 2.45) is 11.7 Å². The van der Waals surface area contributed by atoms with Gasteiger partial charge < -0.3 is 10.5 Å². The van der Waals surface area contributed by atoms with E-state index in [1.807, 2.05) is 12.1 Å². The third-order valence-electron chi connectivity index (χ3n) is 3.51. The molecular weight excluding hydrogens is 198 g/mol. The van der Waals surface area contributed by atoms with Gasteiger partial charge in [-0.1, -0.05) is 37.5 Å². The highest BCUT2D eigenvalue weighted by Gasteiger charge is 2.17. The molecule has 1 aromatic carbocycles. The molecule has 88 valence electrons. The minimum absolute atomic E-state index is 0.556. The first-order chi connectivity index (χ1) is 7.81. The Bertz CT molecular complexity index is 345. The van der Waals surface area contributed by atoms with Crippen LogP contribution in [0.25, 0.3) is 0 Å². The zero-order chi connectivity index (χ0) is 11.4. The molecule has 2 N–H and O–H groups in total. The van der Waals surface area contributed by atoms with Crippen LogP contribution in [0.2, 0.25) is 0 Å². The van der Waals surface area contributed by atoms with E-state index in [0.29, 0.717) is 6.54 Å². The summed E-state index contributed by atoms with van der Waals surface area (Å²) >= 11 is 0. The van der Waals surface area contributed by atoms with E-state index < -0.39 is 0 Å². The van der Waals surface area contributed by atoms with E-state index in [4.69, 9.17) is 10.5 Å². The highest BCUT2D eigenvalue weighted by atomic mass is 16.5. The lowest BCUT2D eigenvalue weighted by molar-refractivity contribution is 0.220. The van der Waals surface area contributed by atoms with Crippen molar-refractivity contribution in [1.29, 1.82) is 0 Å². The number of hydrogen-bond donors (Lipinski definition) is 1. The molecule has 0 amide bonds. The van der Waals surface area contributed by atoms with Gasteiger partial charge in [0, 0.05) is 12.1 Å². The van der Waals surface area contributed by atoms with Crippen molar-refractivity contribution >= 4 is 0 Å². The number of nitrogens with two attached hydrogens (primary N) is 1. The van der Waals surface area contributed by atoms with E-state index in [-0.39, 0.29) is 0 Å². The van der Waals surface area contributed by atoms with Crippen molar-refractivity contribution in [3.8, 4) is 5.75 Å². The Balaban J connectivity index is 1.91. The fourth-order valence-corrected chi connectivity index (χ4v) is 2.19. The van der Waals surface area contributed by atoms with E-state index in [9.17, 15) is 0 Å². The Hall–Kier alpha value is -1.02. The molecule has 2 nitrogen and oxygen atoms in total. The fourth-order valence-electron chi connectivity index (χ4n) is 2.19. The van der Waals surface area contributed by atoms with Crippen LogP contribution in [0.5, 0.6) is 5.75 Å². The molecule has 0 aliphatic heterocycles. The molecular formula is C14H21NO. The molecule has 1 aliphatic rings. The monoisotopic (exact) mass is 219 g/mol. The molecule has 1 aromatic rings. The number of aryl methyl sites for hydroxylation is 1. The first-order valence-corrected chi connectivity index (χ1v) is 6.22. The summed E-state index contributed by atoms with van der Waals surface area (Å²) in [6.07, 6.45) is 5.38. The number of rotatable bonds is 5. The van der Waals surface area contributed by atoms with Gasteiger partial charge in [-0.2, -0.15) is 0 Å². The molecule has 16 heavy (non-hydrogen) atoms. The van der Waals surface area contributed by atoms with Crippen LogP contribution in [0.1, 0.15) is 36.8 Å². The predicted octanol–water partition coefficient (Wildman–Crippen LogP) is 3.02. The molecule has 1 saturated carbocycles. The summed E-state index contributed by atoms with van der Waals surface area (Å²) in [5, 5.41) is 0. The summed E-state index contributed by atoms with van der Waals surface area (Å²) in [5.41, 5.74) is 8.02. The summed E-state index contributed by atoms with van der Waals surface area (Å²) in [5.74, 6) is 1.91. The second-order valence-corrected chi connectivity index (χ2v) is 4.70. The highest BCUT2D eigenvalue weighted by Crippen LogP contribution is 2.30. The number of hydrogen-bond acceptors (Lipinski definition) is 2. The van der Waals surface area contributed by atoms with Gasteiger partial charge in [0.15, 0.2) is 0 Å². The Morgan fingerprint density at radius 2 is 2.19 bits per heavy atom. The van der Waals surface area contributed by atoms with Crippen molar-refractivity contribution < 1.29 is 4.74 Å². The van der Waals surface area contributed by atoms with E-state index in [2.05, 4.69) is 13.0 Å². The Morgan fingerprint density at radius 1 is 1.38 bits per heavy atom. The summed E-state index contributed by atoms with van der Waals surface area (Å²) in [7, 11) is 0. The molecule has 1 aliphatic carbocycles. The highest BCUT2D eigenvalue weighted by molar-refractivity contribution is 5.40. The van der Waals surface area contributed by atoms with Crippen molar-refractivity contribution in [3.63, 3.8) is 0 Å². The second kappa shape index (κ2) is 5.35. The predicted molar refractivity (Wildman–Crippen MR) is 66.5 cm³/mol. The van der Waals surface area contributed by atoms with Crippen LogP contribution in [0.4, 0.5) is 0 Å². The van der Waals surface area contributed by atoms with Gasteiger partial charge in [-0.25, -0.2) is 0 Å². The van der Waals surface area contributed by atoms with Crippen LogP contribution in [-0.2, 0) is 6.54 Å². The van der Waals surface area contributed by atoms with Gasteiger partial charge in [0.2, 0.25) is 0 Å². The quantitative estimate of drug-likeness (QED) is 0.826. The van der Waals surface area contributed by atoms with Crippen LogP contribution in [0, 0.1) is 12.8 Å². The molecule has 0 spiro atoms. The molecule has 2 heteroatoms. The lowest BCUT2D eigenvalue weighted by Crippen LogP contribution is -2.15. The van der Waals surface area contributed by atoms with Gasteiger partial charge in [-0.3, -0.25) is 0 Å². The number of para-hydroxylation sites is 1. The smallest absolute Gasteiger partial charge is 0.126 e. The molecule has 0 atom stereocenters. The van der Waals surface area contributed by atoms with Gasteiger partial charge in [-0.15, -0.1) is 0 Å². The van der Waals surface area contributed by atoms with Crippen molar-refractivity contribution in [2.45, 2.75) is 39.2 Å². The summed E-state index contributed by atoms with van der Waals surface area (Å²) < 4.78 is 5.89. The fraction of sp³-hybridized carbons (Fsp3) is 0.571. The minimum Gasteiger partial charge on any atom is -0.493 e. The SMILES string of the molecule is Cc1cccc(CN)c1OCCC1CCC1. The molecule has 0 unspecified atom stereocenters.